The van der Waals surface area contributed by atoms with Crippen molar-refractivity contribution in [2.45, 2.75) is 62.8 Å². The SMILES string of the molecule is O=C(CCc1ccc(S(=O)(=O)N2CCCCC2)cc1)N(Cc1ccccc1)CC1CCC1. The molecular formula is C26H34N2O3S. The van der Waals surface area contributed by atoms with Gasteiger partial charge in [0, 0.05) is 32.6 Å². The summed E-state index contributed by atoms with van der Waals surface area (Å²) in [5.41, 5.74) is 2.16. The lowest BCUT2D eigenvalue weighted by molar-refractivity contribution is -0.132. The maximum atomic E-state index is 13.1. The largest absolute Gasteiger partial charge is 0.338 e. The van der Waals surface area contributed by atoms with Gasteiger partial charge in [-0.1, -0.05) is 55.3 Å². The molecule has 1 saturated heterocycles. The van der Waals surface area contributed by atoms with Crippen molar-refractivity contribution < 1.29 is 13.2 Å². The van der Waals surface area contributed by atoms with Crippen molar-refractivity contribution in [2.75, 3.05) is 19.6 Å². The molecule has 1 saturated carbocycles. The lowest BCUT2D eigenvalue weighted by atomic mass is 9.85. The topological polar surface area (TPSA) is 57.7 Å². The normalized spacial score (nSPS) is 17.6. The second kappa shape index (κ2) is 10.6. The molecule has 0 atom stereocenters. The van der Waals surface area contributed by atoms with Gasteiger partial charge in [-0.25, -0.2) is 8.42 Å². The first-order chi connectivity index (χ1) is 15.5. The average molecular weight is 455 g/mol. The molecule has 2 fully saturated rings. The molecule has 1 amide bonds. The second-order valence-electron chi connectivity index (χ2n) is 9.17. The molecule has 0 bridgehead atoms. The molecule has 5 nitrogen and oxygen atoms in total. The highest BCUT2D eigenvalue weighted by Crippen LogP contribution is 2.28. The number of rotatable bonds is 9. The van der Waals surface area contributed by atoms with Gasteiger partial charge in [-0.3, -0.25) is 4.79 Å². The van der Waals surface area contributed by atoms with Crippen LogP contribution in [-0.4, -0.2) is 43.2 Å². The van der Waals surface area contributed by atoms with Gasteiger partial charge in [-0.05, 0) is 61.3 Å². The van der Waals surface area contributed by atoms with Crippen molar-refractivity contribution in [3.63, 3.8) is 0 Å². The summed E-state index contributed by atoms with van der Waals surface area (Å²) in [5.74, 6) is 0.799. The minimum atomic E-state index is -3.41. The van der Waals surface area contributed by atoms with E-state index in [1.807, 2.05) is 35.2 Å². The van der Waals surface area contributed by atoms with Crippen LogP contribution in [0.3, 0.4) is 0 Å². The molecule has 0 N–H and O–H groups in total. The number of amides is 1. The minimum Gasteiger partial charge on any atom is -0.338 e. The maximum absolute atomic E-state index is 13.1. The van der Waals surface area contributed by atoms with E-state index in [0.29, 0.717) is 43.3 Å². The Morgan fingerprint density at radius 1 is 0.875 bits per heavy atom. The summed E-state index contributed by atoms with van der Waals surface area (Å²) in [5, 5.41) is 0. The summed E-state index contributed by atoms with van der Waals surface area (Å²) < 4.78 is 27.3. The lowest BCUT2D eigenvalue weighted by Crippen LogP contribution is -2.37. The first-order valence-corrected chi connectivity index (χ1v) is 13.4. The Labute approximate surface area is 192 Å². The smallest absolute Gasteiger partial charge is 0.243 e. The molecule has 0 aromatic heterocycles. The number of hydrogen-bond donors (Lipinski definition) is 0. The number of carbonyl (C=O) groups excluding carboxylic acids is 1. The molecule has 0 radical (unpaired) electrons. The molecule has 2 aliphatic rings. The van der Waals surface area contributed by atoms with E-state index in [2.05, 4.69) is 12.1 Å². The molecule has 1 aliphatic heterocycles. The summed E-state index contributed by atoms with van der Waals surface area (Å²) in [4.78, 5) is 15.4. The summed E-state index contributed by atoms with van der Waals surface area (Å²) >= 11 is 0. The number of carbonyl (C=O) groups is 1. The lowest BCUT2D eigenvalue weighted by Gasteiger charge is -2.32. The average Bonchev–Trinajstić information content (AvgIpc) is 2.80. The Hall–Kier alpha value is -2.18. The fraction of sp³-hybridized carbons (Fsp3) is 0.500. The van der Waals surface area contributed by atoms with Gasteiger partial charge in [0.25, 0.3) is 0 Å². The van der Waals surface area contributed by atoms with Crippen LogP contribution in [0.2, 0.25) is 0 Å². The zero-order valence-electron chi connectivity index (χ0n) is 18.8. The predicted octanol–water partition coefficient (Wildman–Crippen LogP) is 4.62. The third kappa shape index (κ3) is 5.78. The third-order valence-electron chi connectivity index (χ3n) is 6.78. The summed E-state index contributed by atoms with van der Waals surface area (Å²) in [6, 6.07) is 17.3. The van der Waals surface area contributed by atoms with Crippen LogP contribution in [0.25, 0.3) is 0 Å². The Morgan fingerprint density at radius 2 is 1.56 bits per heavy atom. The van der Waals surface area contributed by atoms with Gasteiger partial charge in [-0.15, -0.1) is 0 Å². The van der Waals surface area contributed by atoms with Gasteiger partial charge in [-0.2, -0.15) is 4.31 Å². The molecule has 0 unspecified atom stereocenters. The molecule has 172 valence electrons. The number of hydrogen-bond acceptors (Lipinski definition) is 3. The molecule has 2 aromatic rings. The molecule has 6 heteroatoms. The van der Waals surface area contributed by atoms with Crippen molar-refractivity contribution in [3.05, 3.63) is 65.7 Å². The fourth-order valence-corrected chi connectivity index (χ4v) is 6.05. The highest BCUT2D eigenvalue weighted by molar-refractivity contribution is 7.89. The van der Waals surface area contributed by atoms with E-state index in [1.165, 1.54) is 19.3 Å². The van der Waals surface area contributed by atoms with E-state index in [1.54, 1.807) is 16.4 Å². The molecule has 4 rings (SSSR count). The Balaban J connectivity index is 1.36. The number of aryl methyl sites for hydroxylation is 1. The number of sulfonamides is 1. The van der Waals surface area contributed by atoms with E-state index < -0.39 is 10.0 Å². The van der Waals surface area contributed by atoms with Crippen molar-refractivity contribution in [1.29, 1.82) is 0 Å². The number of piperidine rings is 1. The van der Waals surface area contributed by atoms with Crippen LogP contribution in [0, 0.1) is 5.92 Å². The van der Waals surface area contributed by atoms with Crippen molar-refractivity contribution >= 4 is 15.9 Å². The molecular weight excluding hydrogens is 420 g/mol. The Kier molecular flexibility index (Phi) is 7.63. The molecule has 1 aliphatic carbocycles. The zero-order chi connectivity index (χ0) is 22.4. The molecule has 1 heterocycles. The maximum Gasteiger partial charge on any atom is 0.243 e. The summed E-state index contributed by atoms with van der Waals surface area (Å²) in [6.45, 7) is 2.71. The highest BCUT2D eigenvalue weighted by atomic mass is 32.2. The standard InChI is InChI=1S/C26H34N2O3S/c29-26(27(21-24-10-7-11-24)20-23-8-3-1-4-9-23)17-14-22-12-15-25(16-13-22)32(30,31)28-18-5-2-6-19-28/h1,3-4,8-9,12-13,15-16,24H,2,5-7,10-11,14,17-21H2. The summed E-state index contributed by atoms with van der Waals surface area (Å²) in [7, 11) is -3.41. The van der Waals surface area contributed by atoms with Crippen molar-refractivity contribution in [3.8, 4) is 0 Å². The monoisotopic (exact) mass is 454 g/mol. The van der Waals surface area contributed by atoms with Crippen LogP contribution >= 0.6 is 0 Å². The van der Waals surface area contributed by atoms with E-state index in [9.17, 15) is 13.2 Å². The van der Waals surface area contributed by atoms with E-state index >= 15 is 0 Å². The van der Waals surface area contributed by atoms with Gasteiger partial charge < -0.3 is 4.90 Å². The van der Waals surface area contributed by atoms with Gasteiger partial charge in [0.15, 0.2) is 0 Å². The Morgan fingerprint density at radius 3 is 2.19 bits per heavy atom. The van der Waals surface area contributed by atoms with Gasteiger partial charge in [0.1, 0.15) is 0 Å². The first kappa shape index (κ1) is 23.0. The van der Waals surface area contributed by atoms with E-state index in [0.717, 1.165) is 36.9 Å². The van der Waals surface area contributed by atoms with Gasteiger partial charge in [0.2, 0.25) is 15.9 Å². The van der Waals surface area contributed by atoms with Crippen LogP contribution in [-0.2, 0) is 27.8 Å². The van der Waals surface area contributed by atoms with Crippen molar-refractivity contribution in [2.24, 2.45) is 5.92 Å². The first-order valence-electron chi connectivity index (χ1n) is 11.9. The predicted molar refractivity (Wildman–Crippen MR) is 127 cm³/mol. The van der Waals surface area contributed by atoms with E-state index in [-0.39, 0.29) is 5.91 Å². The van der Waals surface area contributed by atoms with Crippen molar-refractivity contribution in [1.82, 2.24) is 9.21 Å². The number of nitrogens with zero attached hydrogens (tertiary/aromatic N) is 2. The molecule has 0 spiro atoms. The van der Waals surface area contributed by atoms with Crippen LogP contribution in [0.4, 0.5) is 0 Å². The molecule has 32 heavy (non-hydrogen) atoms. The van der Waals surface area contributed by atoms with Crippen LogP contribution in [0.1, 0.15) is 56.1 Å². The highest BCUT2D eigenvalue weighted by Gasteiger charge is 2.26. The van der Waals surface area contributed by atoms with Gasteiger partial charge >= 0.3 is 0 Å². The minimum absolute atomic E-state index is 0.172. The Bertz CT molecular complexity index is 979. The summed E-state index contributed by atoms with van der Waals surface area (Å²) in [6.07, 6.45) is 7.72. The van der Waals surface area contributed by atoms with Crippen LogP contribution < -0.4 is 0 Å². The number of benzene rings is 2. The second-order valence-corrected chi connectivity index (χ2v) is 11.1. The van der Waals surface area contributed by atoms with Crippen LogP contribution in [0.5, 0.6) is 0 Å². The molecule has 2 aromatic carbocycles. The quantitative estimate of drug-likeness (QED) is 0.555. The van der Waals surface area contributed by atoms with Gasteiger partial charge in [0.05, 0.1) is 4.90 Å². The third-order valence-corrected chi connectivity index (χ3v) is 8.69. The zero-order valence-corrected chi connectivity index (χ0v) is 19.6. The van der Waals surface area contributed by atoms with E-state index in [4.69, 9.17) is 0 Å². The fourth-order valence-electron chi connectivity index (χ4n) is 4.54. The van der Waals surface area contributed by atoms with Crippen LogP contribution in [0.15, 0.2) is 59.5 Å².